The van der Waals surface area contributed by atoms with Crippen molar-refractivity contribution in [2.45, 2.75) is 38.0 Å². The average Bonchev–Trinajstić information content (AvgIpc) is 2.68. The molecule has 0 bridgehead atoms. The molecule has 2 rings (SSSR count). The van der Waals surface area contributed by atoms with E-state index in [-0.39, 0.29) is 12.3 Å². The molecule has 0 saturated carbocycles. The van der Waals surface area contributed by atoms with Crippen LogP contribution in [-0.4, -0.2) is 26.4 Å². The summed E-state index contributed by atoms with van der Waals surface area (Å²) in [5.74, 6) is 0.736. The van der Waals surface area contributed by atoms with Gasteiger partial charge in [-0.15, -0.1) is 0 Å². The van der Waals surface area contributed by atoms with Crippen molar-refractivity contribution in [3.63, 3.8) is 0 Å². The van der Waals surface area contributed by atoms with Crippen molar-refractivity contribution in [2.75, 3.05) is 19.1 Å². The van der Waals surface area contributed by atoms with Crippen LogP contribution in [-0.2, 0) is 15.0 Å². The number of unbranched alkanes of at least 4 members (excludes halogenated alkanes) is 1. The second kappa shape index (κ2) is 5.65. The minimum Gasteiger partial charge on any atom is -0.497 e. The second-order valence-electron chi connectivity index (χ2n) is 5.30. The fourth-order valence-electron chi connectivity index (χ4n) is 3.03. The lowest BCUT2D eigenvalue weighted by Crippen LogP contribution is -2.39. The third-order valence-corrected chi connectivity index (χ3v) is 4.18. The van der Waals surface area contributed by atoms with Gasteiger partial charge in [0.1, 0.15) is 12.0 Å². The van der Waals surface area contributed by atoms with E-state index in [0.29, 0.717) is 6.42 Å². The Bertz CT molecular complexity index is 526. The van der Waals surface area contributed by atoms with Crippen LogP contribution in [0.3, 0.4) is 0 Å². The summed E-state index contributed by atoms with van der Waals surface area (Å²) in [7, 11) is 3.38. The number of benzene rings is 1. The SMILES string of the molecule is CCCC[C@@]1(CC=O)C(=O)N(C)c2ccc(OC)cc21. The molecule has 1 aromatic rings. The van der Waals surface area contributed by atoms with E-state index in [1.807, 2.05) is 18.2 Å². The van der Waals surface area contributed by atoms with E-state index in [2.05, 4.69) is 6.92 Å². The Hall–Kier alpha value is -1.84. The Balaban J connectivity index is 2.56. The number of anilines is 1. The highest BCUT2D eigenvalue weighted by Gasteiger charge is 2.48. The van der Waals surface area contributed by atoms with Gasteiger partial charge in [-0.1, -0.05) is 19.8 Å². The van der Waals surface area contributed by atoms with Crippen LogP contribution in [0.2, 0.25) is 0 Å². The monoisotopic (exact) mass is 275 g/mol. The van der Waals surface area contributed by atoms with Crippen LogP contribution in [0.1, 0.15) is 38.2 Å². The molecule has 0 aromatic heterocycles. The molecule has 1 atom stereocenters. The molecule has 4 nitrogen and oxygen atoms in total. The van der Waals surface area contributed by atoms with Crippen molar-refractivity contribution in [1.82, 2.24) is 0 Å². The molecule has 0 unspecified atom stereocenters. The molecule has 0 saturated heterocycles. The Morgan fingerprint density at radius 3 is 2.75 bits per heavy atom. The number of likely N-dealkylation sites (N-methyl/N-ethyl adjacent to an activating group) is 1. The second-order valence-corrected chi connectivity index (χ2v) is 5.30. The molecular formula is C16H21NO3. The summed E-state index contributed by atoms with van der Waals surface area (Å²) in [6.07, 6.45) is 3.71. The number of ether oxygens (including phenoxy) is 1. The number of nitrogens with zero attached hydrogens (tertiary/aromatic N) is 1. The predicted octanol–water partition coefficient (Wildman–Crippen LogP) is 2.69. The molecule has 0 aliphatic carbocycles. The number of methoxy groups -OCH3 is 1. The normalized spacial score (nSPS) is 20.9. The summed E-state index contributed by atoms with van der Waals surface area (Å²) in [6.45, 7) is 2.09. The van der Waals surface area contributed by atoms with Crippen LogP contribution < -0.4 is 9.64 Å². The minimum atomic E-state index is -0.712. The third kappa shape index (κ3) is 2.09. The lowest BCUT2D eigenvalue weighted by molar-refractivity contribution is -0.125. The minimum absolute atomic E-state index is 0.0151. The predicted molar refractivity (Wildman–Crippen MR) is 78.3 cm³/mol. The van der Waals surface area contributed by atoms with Crippen LogP contribution in [0.15, 0.2) is 18.2 Å². The number of fused-ring (bicyclic) bond motifs is 1. The highest BCUT2D eigenvalue weighted by molar-refractivity contribution is 6.09. The highest BCUT2D eigenvalue weighted by atomic mass is 16.5. The van der Waals surface area contributed by atoms with E-state index >= 15 is 0 Å². The number of rotatable bonds is 6. The fourth-order valence-corrected chi connectivity index (χ4v) is 3.03. The quantitative estimate of drug-likeness (QED) is 0.750. The van der Waals surface area contributed by atoms with Gasteiger partial charge >= 0.3 is 0 Å². The van der Waals surface area contributed by atoms with E-state index in [9.17, 15) is 9.59 Å². The zero-order chi connectivity index (χ0) is 14.8. The molecule has 0 N–H and O–H groups in total. The smallest absolute Gasteiger partial charge is 0.237 e. The lowest BCUT2D eigenvalue weighted by Gasteiger charge is -2.26. The maximum absolute atomic E-state index is 12.7. The highest BCUT2D eigenvalue weighted by Crippen LogP contribution is 2.47. The van der Waals surface area contributed by atoms with E-state index in [4.69, 9.17) is 4.74 Å². The summed E-state index contributed by atoms with van der Waals surface area (Å²) in [6, 6.07) is 5.64. The number of aldehydes is 1. The van der Waals surface area contributed by atoms with Crippen LogP contribution in [0.25, 0.3) is 0 Å². The van der Waals surface area contributed by atoms with E-state index in [0.717, 1.165) is 36.1 Å². The zero-order valence-electron chi connectivity index (χ0n) is 12.3. The van der Waals surface area contributed by atoms with Crippen molar-refractivity contribution < 1.29 is 14.3 Å². The average molecular weight is 275 g/mol. The first kappa shape index (κ1) is 14.6. The van der Waals surface area contributed by atoms with Gasteiger partial charge in [0.15, 0.2) is 0 Å². The Kier molecular flexibility index (Phi) is 4.12. The number of carbonyl (C=O) groups is 2. The Morgan fingerprint density at radius 1 is 1.40 bits per heavy atom. The van der Waals surface area contributed by atoms with Gasteiger partial charge < -0.3 is 14.4 Å². The molecule has 1 aliphatic rings. The molecule has 108 valence electrons. The summed E-state index contributed by atoms with van der Waals surface area (Å²) in [5, 5.41) is 0. The number of amides is 1. The van der Waals surface area contributed by atoms with Gasteiger partial charge in [0.25, 0.3) is 0 Å². The maximum Gasteiger partial charge on any atom is 0.237 e. The van der Waals surface area contributed by atoms with Crippen molar-refractivity contribution in [3.05, 3.63) is 23.8 Å². The molecule has 1 aromatic carbocycles. The van der Waals surface area contributed by atoms with E-state index in [1.54, 1.807) is 19.1 Å². The van der Waals surface area contributed by atoms with Crippen molar-refractivity contribution >= 4 is 17.9 Å². The topological polar surface area (TPSA) is 46.6 Å². The molecule has 20 heavy (non-hydrogen) atoms. The molecule has 0 spiro atoms. The third-order valence-electron chi connectivity index (χ3n) is 4.18. The Morgan fingerprint density at radius 2 is 2.15 bits per heavy atom. The fraction of sp³-hybridized carbons (Fsp3) is 0.500. The summed E-state index contributed by atoms with van der Waals surface area (Å²) < 4.78 is 5.27. The van der Waals surface area contributed by atoms with Crippen molar-refractivity contribution in [2.24, 2.45) is 0 Å². The van der Waals surface area contributed by atoms with Gasteiger partial charge in [-0.3, -0.25) is 4.79 Å². The summed E-state index contributed by atoms with van der Waals surface area (Å²) in [5.41, 5.74) is 1.09. The Labute approximate surface area is 119 Å². The lowest BCUT2D eigenvalue weighted by atomic mass is 9.75. The first-order valence-corrected chi connectivity index (χ1v) is 7.01. The first-order chi connectivity index (χ1) is 9.60. The molecule has 1 amide bonds. The van der Waals surface area contributed by atoms with Gasteiger partial charge in [-0.05, 0) is 30.2 Å². The molecule has 4 heteroatoms. The molecule has 1 aliphatic heterocycles. The van der Waals surface area contributed by atoms with Crippen LogP contribution in [0.4, 0.5) is 5.69 Å². The number of hydrogen-bond acceptors (Lipinski definition) is 3. The largest absolute Gasteiger partial charge is 0.497 e. The number of hydrogen-bond donors (Lipinski definition) is 0. The summed E-state index contributed by atoms with van der Waals surface area (Å²) in [4.78, 5) is 25.5. The zero-order valence-corrected chi connectivity index (χ0v) is 12.3. The van der Waals surface area contributed by atoms with Gasteiger partial charge in [-0.25, -0.2) is 0 Å². The van der Waals surface area contributed by atoms with Gasteiger partial charge in [0.2, 0.25) is 5.91 Å². The molecule has 0 radical (unpaired) electrons. The van der Waals surface area contributed by atoms with Gasteiger partial charge in [0.05, 0.1) is 12.5 Å². The van der Waals surface area contributed by atoms with Gasteiger partial charge in [0, 0.05) is 19.2 Å². The van der Waals surface area contributed by atoms with Crippen LogP contribution in [0, 0.1) is 0 Å². The summed E-state index contributed by atoms with van der Waals surface area (Å²) >= 11 is 0. The standard InChI is InChI=1S/C16H21NO3/c1-4-5-8-16(9-10-18)13-11-12(20-3)6-7-14(13)17(2)15(16)19/h6-7,10-11H,4-5,8-9H2,1-3H3/t16-/m0/s1. The number of carbonyl (C=O) groups excluding carboxylic acids is 2. The van der Waals surface area contributed by atoms with Gasteiger partial charge in [-0.2, -0.15) is 0 Å². The van der Waals surface area contributed by atoms with Crippen LogP contribution in [0.5, 0.6) is 5.75 Å². The van der Waals surface area contributed by atoms with Crippen LogP contribution >= 0.6 is 0 Å². The van der Waals surface area contributed by atoms with Crippen molar-refractivity contribution in [1.29, 1.82) is 0 Å². The van der Waals surface area contributed by atoms with Crippen molar-refractivity contribution in [3.8, 4) is 5.75 Å². The van der Waals surface area contributed by atoms with E-state index in [1.165, 1.54) is 0 Å². The molecular weight excluding hydrogens is 254 g/mol. The maximum atomic E-state index is 12.7. The molecule has 1 heterocycles. The molecule has 0 fully saturated rings. The first-order valence-electron chi connectivity index (χ1n) is 7.01. The van der Waals surface area contributed by atoms with E-state index < -0.39 is 5.41 Å².